The lowest BCUT2D eigenvalue weighted by molar-refractivity contribution is -0.385. The largest absolute Gasteiger partial charge is 0.479 e. The first-order chi connectivity index (χ1) is 39.2. The summed E-state index contributed by atoms with van der Waals surface area (Å²) in [4.78, 5) is 92.6. The van der Waals surface area contributed by atoms with Crippen molar-refractivity contribution in [3.63, 3.8) is 0 Å². The topological polar surface area (TPSA) is 384 Å². The minimum Gasteiger partial charge on any atom is -0.479 e. The zero-order valence-electron chi connectivity index (χ0n) is 45.8. The van der Waals surface area contributed by atoms with Gasteiger partial charge in [-0.25, -0.2) is 4.79 Å². The Morgan fingerprint density at radius 2 is 1.50 bits per heavy atom. The second-order valence-corrected chi connectivity index (χ2v) is 20.9. The van der Waals surface area contributed by atoms with Crippen LogP contribution in [-0.4, -0.2) is 126 Å². The second-order valence-electron chi connectivity index (χ2n) is 20.9. The van der Waals surface area contributed by atoms with E-state index in [9.17, 15) is 69.7 Å². The van der Waals surface area contributed by atoms with Crippen molar-refractivity contribution in [2.24, 2.45) is 11.7 Å². The van der Waals surface area contributed by atoms with Crippen molar-refractivity contribution < 1.29 is 78.3 Å². The summed E-state index contributed by atoms with van der Waals surface area (Å²) in [5, 5.41) is 90.2. The first kappa shape index (κ1) is 63.4. The van der Waals surface area contributed by atoms with E-state index in [4.69, 9.17) is 24.7 Å². The van der Waals surface area contributed by atoms with Crippen LogP contribution in [0.25, 0.3) is 0 Å². The Morgan fingerprint density at radius 1 is 0.829 bits per heavy atom. The molecule has 0 saturated carbocycles. The summed E-state index contributed by atoms with van der Waals surface area (Å²) in [5.41, 5.74) is 5.36. The van der Waals surface area contributed by atoms with Crippen molar-refractivity contribution >= 4 is 41.0 Å². The molecule has 7 rings (SSSR count). The molecular formula is C57H73N7O18. The van der Waals surface area contributed by atoms with Gasteiger partial charge < -0.3 is 71.5 Å². The van der Waals surface area contributed by atoms with Crippen LogP contribution >= 0.6 is 0 Å². The molecule has 5 unspecified atom stereocenters. The first-order valence-corrected chi connectivity index (χ1v) is 27.4. The highest BCUT2D eigenvalue weighted by atomic mass is 16.7. The normalized spacial score (nSPS) is 21.7. The van der Waals surface area contributed by atoms with Gasteiger partial charge in [0, 0.05) is 37.5 Å². The number of rotatable bonds is 26. The van der Waals surface area contributed by atoms with Gasteiger partial charge in [0.2, 0.25) is 41.4 Å². The zero-order chi connectivity index (χ0) is 59.6. The number of amides is 4. The molecule has 0 aromatic heterocycles. The number of carbonyl (C=O) groups is 5. The monoisotopic (exact) mass is 1140 g/mol. The maximum atomic E-state index is 14.8. The van der Waals surface area contributed by atoms with Crippen LogP contribution in [0.2, 0.25) is 0 Å². The Hall–Kier alpha value is -7.81. The van der Waals surface area contributed by atoms with Crippen LogP contribution in [0.15, 0.2) is 84.9 Å². The zero-order valence-corrected chi connectivity index (χ0v) is 45.8. The highest BCUT2D eigenvalue weighted by molar-refractivity contribution is 5.94. The third kappa shape index (κ3) is 17.6. The molecule has 4 amide bonds. The number of aliphatic hydroxyl groups is 4. The van der Waals surface area contributed by atoms with Gasteiger partial charge in [0.25, 0.3) is 5.69 Å². The molecule has 3 heterocycles. The summed E-state index contributed by atoms with van der Waals surface area (Å²) in [7, 11) is 0. The number of nitrogens with one attached hydrogen (secondary N) is 4. The molecular weight excluding hydrogens is 1070 g/mol. The highest BCUT2D eigenvalue weighted by Crippen LogP contribution is 2.47. The molecule has 444 valence electrons. The van der Waals surface area contributed by atoms with Gasteiger partial charge >= 0.3 is 11.7 Å². The molecule has 3 aliphatic rings. The number of carboxylic acids is 1. The number of carboxylic acid groups (broad SMARTS) is 1. The summed E-state index contributed by atoms with van der Waals surface area (Å²) < 4.78 is 25.1. The summed E-state index contributed by atoms with van der Waals surface area (Å²) in [6, 6.07) is 10.6. The van der Waals surface area contributed by atoms with Gasteiger partial charge in [0.15, 0.2) is 17.6 Å². The van der Waals surface area contributed by atoms with Crippen LogP contribution < -0.4 is 41.2 Å². The number of carbonyl (C=O) groups excluding carboxylic acids is 4. The van der Waals surface area contributed by atoms with Crippen LogP contribution in [0, 0.1) is 26.1 Å². The number of benzene rings is 4. The molecule has 11 N–H and O–H groups in total. The quantitative estimate of drug-likeness (QED) is 0.0223. The van der Waals surface area contributed by atoms with Crippen LogP contribution in [-0.2, 0) is 41.6 Å². The molecule has 1 fully saturated rings. The predicted molar refractivity (Wildman–Crippen MR) is 295 cm³/mol. The summed E-state index contributed by atoms with van der Waals surface area (Å²) in [6.07, 6.45) is -1.48. The maximum Gasteiger partial charge on any atom is 0.335 e. The van der Waals surface area contributed by atoms with E-state index in [1.54, 1.807) is 30.3 Å². The third-order valence-corrected chi connectivity index (χ3v) is 14.0. The van der Waals surface area contributed by atoms with Crippen LogP contribution in [0.1, 0.15) is 114 Å². The molecule has 25 heteroatoms. The van der Waals surface area contributed by atoms with Crippen molar-refractivity contribution in [1.29, 1.82) is 0 Å². The number of nitrogens with zero attached hydrogens (tertiary/aromatic N) is 2. The summed E-state index contributed by atoms with van der Waals surface area (Å²) in [5.74, 6) is -7.68. The fourth-order valence-corrected chi connectivity index (χ4v) is 9.56. The second kappa shape index (κ2) is 30.3. The number of unbranched alkanes of at least 4 members (excludes halogenated alkanes) is 8. The van der Waals surface area contributed by atoms with E-state index >= 15 is 0 Å². The molecule has 4 aromatic rings. The summed E-state index contributed by atoms with van der Waals surface area (Å²) >= 11 is 0. The Morgan fingerprint density at radius 3 is 2.12 bits per heavy atom. The molecule has 4 bridgehead atoms. The molecule has 4 aromatic carbocycles. The minimum absolute atomic E-state index is 0.0176. The number of nitro benzene ring substituents is 2. The minimum atomic E-state index is -2.53. The van der Waals surface area contributed by atoms with E-state index in [-0.39, 0.29) is 47.7 Å². The SMILES string of the molecule is CCCCCCCCCCCC(=O)NC1C(Oc2c(Oc3ccc([N+](=O)[O-])cc3)cc3cc2Oc2ccc(cc2[N+](=O)[O-])C[C@@H](NC(=O)[C@H](N)CC(C)C)C(=O)N[C@@H](Cc2ccccc2)C(=O)N[C@H]3[C@H](O)C(=O)O)OC(CO)C(O)C1O. The van der Waals surface area contributed by atoms with E-state index in [0.29, 0.717) is 18.4 Å². The van der Waals surface area contributed by atoms with Gasteiger partial charge in [-0.15, -0.1) is 0 Å². The molecule has 0 radical (unpaired) electrons. The average Bonchev–Trinajstić information content (AvgIpc) is 3.50. The predicted octanol–water partition coefficient (Wildman–Crippen LogP) is 5.06. The molecule has 0 spiro atoms. The first-order valence-electron chi connectivity index (χ1n) is 27.4. The Balaban J connectivity index is 1.53. The van der Waals surface area contributed by atoms with Crippen LogP contribution in [0.3, 0.4) is 0 Å². The van der Waals surface area contributed by atoms with E-state index in [1.807, 2.05) is 13.8 Å². The highest BCUT2D eigenvalue weighted by Gasteiger charge is 2.47. The number of aliphatic carboxylic acids is 1. The molecule has 1 saturated heterocycles. The molecule has 25 nitrogen and oxygen atoms in total. The summed E-state index contributed by atoms with van der Waals surface area (Å²) in [6.45, 7) is 4.91. The average molecular weight is 1140 g/mol. The van der Waals surface area contributed by atoms with E-state index in [2.05, 4.69) is 28.2 Å². The molecule has 10 atom stereocenters. The van der Waals surface area contributed by atoms with Gasteiger partial charge in [-0.2, -0.15) is 0 Å². The number of nitro groups is 2. The van der Waals surface area contributed by atoms with Crippen molar-refractivity contribution in [3.8, 4) is 28.7 Å². The Kier molecular flexibility index (Phi) is 23.4. The molecule has 82 heavy (non-hydrogen) atoms. The number of non-ortho nitro benzene ring substituents is 1. The smallest absolute Gasteiger partial charge is 0.335 e. The molecule has 3 aliphatic heterocycles. The van der Waals surface area contributed by atoms with Crippen molar-refractivity contribution in [1.82, 2.24) is 21.3 Å². The van der Waals surface area contributed by atoms with Gasteiger partial charge in [0.05, 0.1) is 28.5 Å². The van der Waals surface area contributed by atoms with E-state index in [1.165, 1.54) is 18.2 Å². The number of fused-ring (bicyclic) bond motifs is 9. The number of hydrogen-bond donors (Lipinski definition) is 10. The van der Waals surface area contributed by atoms with Gasteiger partial charge in [-0.1, -0.05) is 109 Å². The van der Waals surface area contributed by atoms with Gasteiger partial charge in [-0.05, 0) is 65.8 Å². The van der Waals surface area contributed by atoms with Crippen molar-refractivity contribution in [3.05, 3.63) is 122 Å². The lowest BCUT2D eigenvalue weighted by atomic mass is 9.96. The fourth-order valence-electron chi connectivity index (χ4n) is 9.56. The lowest BCUT2D eigenvalue weighted by Gasteiger charge is -2.42. The third-order valence-electron chi connectivity index (χ3n) is 14.0. The lowest BCUT2D eigenvalue weighted by Crippen LogP contribution is -2.65. The van der Waals surface area contributed by atoms with Crippen LogP contribution in [0.4, 0.5) is 11.4 Å². The number of nitrogens with two attached hydrogens (primary N) is 1. The number of hydrogen-bond acceptors (Lipinski definition) is 18. The standard InChI is InChI=1S/C57H73N7O18/c1-4-5-6-7-8-9-10-11-15-18-46(66)61-48-50(68)49(67)45(31-65)81-57(48)82-52-43(79-37-22-20-36(21-23-37)63(75)76)29-35-30-44(52)80-42-24-19-34(28-41(42)64(77)78)27-40(59-53(70)38(58)25-32(2)3)54(71)60-39(26-33-16-13-12-14-17-33)55(72)62-47(35)51(69)56(73)74/h12-14,16-17,19-24,28-30,32,38-40,45,47-51,57,65,67-69H,4-11,15,18,25-27,31,58H2,1-3H3,(H,59,70)(H,60,71)(H,61,66)(H,62,72)(H,73,74)/t38-,39+,40-,45?,47-,48?,49?,50?,51+,57?/m1/s1. The fraction of sp³-hybridized carbons (Fsp3) is 0.491. The molecule has 0 aliphatic carbocycles. The maximum absolute atomic E-state index is 14.8. The van der Waals surface area contributed by atoms with Gasteiger partial charge in [0.1, 0.15) is 42.2 Å². The van der Waals surface area contributed by atoms with E-state index < -0.39 is 142 Å². The van der Waals surface area contributed by atoms with Crippen molar-refractivity contribution in [2.45, 2.75) is 165 Å². The van der Waals surface area contributed by atoms with Gasteiger partial charge in [-0.3, -0.25) is 39.4 Å². The number of aliphatic hydroxyl groups excluding tert-OH is 4. The number of ether oxygens (including phenoxy) is 4. The Bertz CT molecular complexity index is 2840. The Labute approximate surface area is 473 Å². The van der Waals surface area contributed by atoms with Crippen LogP contribution in [0.5, 0.6) is 28.7 Å². The van der Waals surface area contributed by atoms with E-state index in [0.717, 1.165) is 81.3 Å². The van der Waals surface area contributed by atoms with Crippen molar-refractivity contribution in [2.75, 3.05) is 6.61 Å².